The summed E-state index contributed by atoms with van der Waals surface area (Å²) in [7, 11) is 1.77. The van der Waals surface area contributed by atoms with Gasteiger partial charge in [-0.2, -0.15) is 0 Å². The van der Waals surface area contributed by atoms with Crippen molar-refractivity contribution in [3.63, 3.8) is 0 Å². The maximum absolute atomic E-state index is 12.5. The molecule has 6 heteroatoms. The zero-order chi connectivity index (χ0) is 18.6. The van der Waals surface area contributed by atoms with Crippen LogP contribution in [0, 0.1) is 0 Å². The molecule has 0 radical (unpaired) electrons. The molecule has 138 valence electrons. The third-order valence-corrected chi connectivity index (χ3v) is 5.02. The number of aromatic nitrogens is 3. The highest BCUT2D eigenvalue weighted by Gasteiger charge is 2.16. The van der Waals surface area contributed by atoms with E-state index in [-0.39, 0.29) is 12.5 Å². The number of amides is 1. The first-order valence-corrected chi connectivity index (χ1v) is 9.26. The molecule has 1 atom stereocenters. The van der Waals surface area contributed by atoms with E-state index >= 15 is 0 Å². The lowest BCUT2D eigenvalue weighted by Crippen LogP contribution is -2.30. The number of hydrogen-bond acceptors (Lipinski definition) is 4. The number of carbonyl (C=O) groups excluding carboxylic acids is 1. The number of anilines is 1. The Bertz CT molecular complexity index is 898. The minimum Gasteiger partial charge on any atom is -0.314 e. The van der Waals surface area contributed by atoms with Gasteiger partial charge >= 0.3 is 0 Å². The molecule has 1 fully saturated rings. The Hall–Kier alpha value is -2.99. The smallest absolute Gasteiger partial charge is 0.248 e. The van der Waals surface area contributed by atoms with E-state index in [2.05, 4.69) is 39.9 Å². The summed E-state index contributed by atoms with van der Waals surface area (Å²) in [6, 6.07) is 18.5. The molecule has 1 amide bonds. The standard InChI is InChI=1S/C21H23N5O/c1-25(18-6-3-2-4-7-18)21(27)15-26-14-20(23-24-26)17-11-9-16(10-12-17)19-8-5-13-22-19/h2-4,6-7,9-12,14,19,22H,5,8,13,15H2,1H3. The second-order valence-electron chi connectivity index (χ2n) is 6.86. The molecule has 1 aliphatic rings. The average molecular weight is 361 g/mol. The zero-order valence-electron chi connectivity index (χ0n) is 15.4. The van der Waals surface area contributed by atoms with Gasteiger partial charge in [0.15, 0.2) is 0 Å². The summed E-state index contributed by atoms with van der Waals surface area (Å²) in [6.45, 7) is 1.24. The van der Waals surface area contributed by atoms with E-state index in [0.717, 1.165) is 23.5 Å². The predicted molar refractivity (Wildman–Crippen MR) is 105 cm³/mol. The molecule has 1 N–H and O–H groups in total. The summed E-state index contributed by atoms with van der Waals surface area (Å²) in [5, 5.41) is 11.8. The fraction of sp³-hybridized carbons (Fsp3) is 0.286. The molecular formula is C21H23N5O. The van der Waals surface area contributed by atoms with Crippen molar-refractivity contribution in [3.8, 4) is 11.3 Å². The number of nitrogens with zero attached hydrogens (tertiary/aromatic N) is 4. The van der Waals surface area contributed by atoms with Crippen molar-refractivity contribution in [2.24, 2.45) is 0 Å². The molecule has 1 unspecified atom stereocenters. The van der Waals surface area contributed by atoms with Crippen molar-refractivity contribution in [1.29, 1.82) is 0 Å². The molecule has 4 rings (SSSR count). The van der Waals surface area contributed by atoms with E-state index in [1.54, 1.807) is 16.6 Å². The van der Waals surface area contributed by atoms with Crippen molar-refractivity contribution < 1.29 is 4.79 Å². The molecule has 1 saturated heterocycles. The quantitative estimate of drug-likeness (QED) is 0.759. The second-order valence-corrected chi connectivity index (χ2v) is 6.86. The minimum absolute atomic E-state index is 0.0414. The molecule has 27 heavy (non-hydrogen) atoms. The van der Waals surface area contributed by atoms with Crippen molar-refractivity contribution >= 4 is 11.6 Å². The lowest BCUT2D eigenvalue weighted by atomic mass is 10.0. The van der Waals surface area contributed by atoms with Crippen LogP contribution in [0.2, 0.25) is 0 Å². The van der Waals surface area contributed by atoms with Crippen LogP contribution in [0.5, 0.6) is 0 Å². The van der Waals surface area contributed by atoms with Crippen molar-refractivity contribution in [1.82, 2.24) is 20.3 Å². The molecule has 2 heterocycles. The number of para-hydroxylation sites is 1. The summed E-state index contributed by atoms with van der Waals surface area (Å²) in [5.74, 6) is -0.0414. The fourth-order valence-corrected chi connectivity index (χ4v) is 3.40. The van der Waals surface area contributed by atoms with Gasteiger partial charge in [-0.25, -0.2) is 4.68 Å². The van der Waals surface area contributed by atoms with Crippen LogP contribution in [0.25, 0.3) is 11.3 Å². The number of rotatable bonds is 5. The van der Waals surface area contributed by atoms with E-state index in [0.29, 0.717) is 6.04 Å². The first kappa shape index (κ1) is 17.4. The van der Waals surface area contributed by atoms with Crippen molar-refractivity contribution in [2.45, 2.75) is 25.4 Å². The molecule has 1 aromatic heterocycles. The van der Waals surface area contributed by atoms with Gasteiger partial charge in [-0.05, 0) is 37.1 Å². The van der Waals surface area contributed by atoms with E-state index in [1.807, 2.05) is 36.5 Å². The number of likely N-dealkylation sites (N-methyl/N-ethyl adjacent to an activating group) is 1. The number of carbonyl (C=O) groups is 1. The molecule has 6 nitrogen and oxygen atoms in total. The van der Waals surface area contributed by atoms with Crippen LogP contribution in [0.15, 0.2) is 60.8 Å². The summed E-state index contributed by atoms with van der Waals surface area (Å²) >= 11 is 0. The van der Waals surface area contributed by atoms with E-state index in [4.69, 9.17) is 0 Å². The number of benzene rings is 2. The van der Waals surface area contributed by atoms with E-state index < -0.39 is 0 Å². The topological polar surface area (TPSA) is 63.1 Å². The molecule has 3 aromatic rings. The summed E-state index contributed by atoms with van der Waals surface area (Å²) in [6.07, 6.45) is 4.23. The Morgan fingerprint density at radius 3 is 2.67 bits per heavy atom. The van der Waals surface area contributed by atoms with Gasteiger partial charge in [-0.15, -0.1) is 5.10 Å². The Morgan fingerprint density at radius 2 is 1.96 bits per heavy atom. The van der Waals surface area contributed by atoms with Crippen LogP contribution >= 0.6 is 0 Å². The lowest BCUT2D eigenvalue weighted by Gasteiger charge is -2.16. The largest absolute Gasteiger partial charge is 0.314 e. The van der Waals surface area contributed by atoms with Crippen molar-refractivity contribution in [2.75, 3.05) is 18.5 Å². The predicted octanol–water partition coefficient (Wildman–Crippen LogP) is 3.03. The first-order valence-electron chi connectivity index (χ1n) is 9.26. The van der Waals surface area contributed by atoms with E-state index in [1.165, 1.54) is 18.4 Å². The van der Waals surface area contributed by atoms with Crippen LogP contribution in [-0.4, -0.2) is 34.5 Å². The van der Waals surface area contributed by atoms with Gasteiger partial charge < -0.3 is 10.2 Å². The van der Waals surface area contributed by atoms with Crippen LogP contribution in [-0.2, 0) is 11.3 Å². The third kappa shape index (κ3) is 3.90. The third-order valence-electron chi connectivity index (χ3n) is 5.02. The van der Waals surface area contributed by atoms with Crippen LogP contribution in [0.1, 0.15) is 24.4 Å². The normalized spacial score (nSPS) is 16.4. The summed E-state index contributed by atoms with van der Waals surface area (Å²) in [4.78, 5) is 14.1. The highest BCUT2D eigenvalue weighted by atomic mass is 16.2. The van der Waals surface area contributed by atoms with Crippen LogP contribution < -0.4 is 10.2 Å². The second kappa shape index (κ2) is 7.72. The maximum atomic E-state index is 12.5. The van der Waals surface area contributed by atoms with Crippen LogP contribution in [0.3, 0.4) is 0 Å². The molecule has 0 spiro atoms. The highest BCUT2D eigenvalue weighted by molar-refractivity contribution is 5.92. The van der Waals surface area contributed by atoms with Gasteiger partial charge in [0.25, 0.3) is 0 Å². The van der Waals surface area contributed by atoms with E-state index in [9.17, 15) is 4.79 Å². The fourth-order valence-electron chi connectivity index (χ4n) is 3.40. The van der Waals surface area contributed by atoms with Crippen LogP contribution in [0.4, 0.5) is 5.69 Å². The average Bonchev–Trinajstić information content (AvgIpc) is 3.40. The maximum Gasteiger partial charge on any atom is 0.248 e. The zero-order valence-corrected chi connectivity index (χ0v) is 15.4. The molecule has 1 aliphatic heterocycles. The van der Waals surface area contributed by atoms with Gasteiger partial charge in [0.1, 0.15) is 12.2 Å². The van der Waals surface area contributed by atoms with Gasteiger partial charge in [-0.3, -0.25) is 4.79 Å². The SMILES string of the molecule is CN(C(=O)Cn1cc(-c2ccc(C3CCCN3)cc2)nn1)c1ccccc1. The molecule has 0 bridgehead atoms. The molecular weight excluding hydrogens is 338 g/mol. The Kier molecular flexibility index (Phi) is 4.98. The molecule has 2 aromatic carbocycles. The minimum atomic E-state index is -0.0414. The van der Waals surface area contributed by atoms with Gasteiger partial charge in [0, 0.05) is 24.3 Å². The lowest BCUT2D eigenvalue weighted by molar-refractivity contribution is -0.119. The summed E-state index contributed by atoms with van der Waals surface area (Å²) < 4.78 is 1.59. The van der Waals surface area contributed by atoms with Gasteiger partial charge in [0.05, 0.1) is 6.20 Å². The van der Waals surface area contributed by atoms with Gasteiger partial charge in [-0.1, -0.05) is 47.7 Å². The van der Waals surface area contributed by atoms with Crippen molar-refractivity contribution in [3.05, 3.63) is 66.4 Å². The number of hydrogen-bond donors (Lipinski definition) is 1. The monoisotopic (exact) mass is 361 g/mol. The highest BCUT2D eigenvalue weighted by Crippen LogP contribution is 2.25. The Morgan fingerprint density at radius 1 is 1.19 bits per heavy atom. The van der Waals surface area contributed by atoms with Gasteiger partial charge in [0.2, 0.25) is 5.91 Å². The molecule has 0 aliphatic carbocycles. The Balaban J connectivity index is 1.43. The molecule has 0 saturated carbocycles. The first-order chi connectivity index (χ1) is 13.2. The number of nitrogens with one attached hydrogen (secondary N) is 1. The Labute approximate surface area is 158 Å². The summed E-state index contributed by atoms with van der Waals surface area (Å²) in [5.41, 5.74) is 3.95.